The second kappa shape index (κ2) is 9.64. The highest BCUT2D eigenvalue weighted by Crippen LogP contribution is 2.23. The number of carbonyl (C=O) groups excluding carboxylic acids is 3. The van der Waals surface area contributed by atoms with Crippen LogP contribution in [0.15, 0.2) is 66.7 Å². The smallest absolute Gasteiger partial charge is 0.308 e. The number of nitrogens with zero attached hydrogens (tertiary/aromatic N) is 1. The monoisotopic (exact) mass is 430 g/mol. The number of ether oxygens (including phenoxy) is 1. The molecule has 6 nitrogen and oxygen atoms in total. The second-order valence-corrected chi connectivity index (χ2v) is 8.09. The van der Waals surface area contributed by atoms with E-state index in [4.69, 9.17) is 4.74 Å². The lowest BCUT2D eigenvalue weighted by Gasteiger charge is -2.32. The van der Waals surface area contributed by atoms with Crippen molar-refractivity contribution in [2.24, 2.45) is 5.92 Å². The van der Waals surface area contributed by atoms with E-state index in [1.807, 2.05) is 47.4 Å². The van der Waals surface area contributed by atoms with Gasteiger partial charge in [-0.25, -0.2) is 0 Å². The molecule has 3 aromatic rings. The molecule has 164 valence electrons. The zero-order chi connectivity index (χ0) is 22.5. The maximum absolute atomic E-state index is 13.1. The van der Waals surface area contributed by atoms with Crippen molar-refractivity contribution in [3.63, 3.8) is 0 Å². The van der Waals surface area contributed by atoms with Gasteiger partial charge >= 0.3 is 5.97 Å². The van der Waals surface area contributed by atoms with Crippen LogP contribution in [0.3, 0.4) is 0 Å². The Hall–Kier alpha value is -3.67. The predicted octanol–water partition coefficient (Wildman–Crippen LogP) is 4.05. The third kappa shape index (κ3) is 4.97. The molecule has 0 aromatic heterocycles. The second-order valence-electron chi connectivity index (χ2n) is 8.09. The van der Waals surface area contributed by atoms with E-state index in [9.17, 15) is 14.4 Å². The number of amides is 2. The van der Waals surface area contributed by atoms with Crippen molar-refractivity contribution in [2.45, 2.75) is 19.8 Å². The highest BCUT2D eigenvalue weighted by Gasteiger charge is 2.25. The molecule has 3 aromatic carbocycles. The minimum Gasteiger partial charge on any atom is -0.427 e. The summed E-state index contributed by atoms with van der Waals surface area (Å²) in [6.07, 6.45) is 1.68. The van der Waals surface area contributed by atoms with E-state index in [1.54, 1.807) is 24.3 Å². The Morgan fingerprint density at radius 2 is 1.69 bits per heavy atom. The van der Waals surface area contributed by atoms with Crippen LogP contribution in [0.25, 0.3) is 10.8 Å². The van der Waals surface area contributed by atoms with Crippen molar-refractivity contribution in [3.8, 4) is 5.75 Å². The molecule has 0 unspecified atom stereocenters. The fourth-order valence-corrected chi connectivity index (χ4v) is 4.13. The average molecular weight is 431 g/mol. The highest BCUT2D eigenvalue weighted by atomic mass is 16.5. The number of benzene rings is 3. The average Bonchev–Trinajstić information content (AvgIpc) is 2.82. The van der Waals surface area contributed by atoms with E-state index in [0.717, 1.165) is 29.2 Å². The first-order valence-electron chi connectivity index (χ1n) is 10.8. The first-order valence-corrected chi connectivity index (χ1v) is 10.8. The van der Waals surface area contributed by atoms with Crippen LogP contribution in [0.1, 0.15) is 40.5 Å². The van der Waals surface area contributed by atoms with Gasteiger partial charge in [0.15, 0.2) is 0 Å². The number of nitrogens with one attached hydrogen (secondary N) is 1. The molecule has 0 atom stereocenters. The fraction of sp³-hybridized carbons (Fsp3) is 0.269. The molecular formula is C26H26N2O4. The minimum absolute atomic E-state index is 0.0616. The number of fused-ring (bicyclic) bond motifs is 1. The summed E-state index contributed by atoms with van der Waals surface area (Å²) in [5, 5.41) is 5.01. The van der Waals surface area contributed by atoms with Gasteiger partial charge in [0.25, 0.3) is 11.8 Å². The maximum atomic E-state index is 13.1. The normalized spacial score (nSPS) is 14.2. The van der Waals surface area contributed by atoms with Gasteiger partial charge in [-0.15, -0.1) is 0 Å². The van der Waals surface area contributed by atoms with Gasteiger partial charge in [-0.3, -0.25) is 14.4 Å². The van der Waals surface area contributed by atoms with E-state index >= 15 is 0 Å². The van der Waals surface area contributed by atoms with Gasteiger partial charge in [-0.1, -0.05) is 42.5 Å². The van der Waals surface area contributed by atoms with Crippen molar-refractivity contribution in [2.75, 3.05) is 19.6 Å². The third-order valence-corrected chi connectivity index (χ3v) is 5.83. The van der Waals surface area contributed by atoms with Crippen molar-refractivity contribution >= 4 is 28.6 Å². The Labute approximate surface area is 187 Å². The standard InChI is InChI=1S/C26H26N2O4/c1-18(29)32-22-9-4-8-21(16-22)25(30)27-17-19-12-14-28(15-13-19)26(31)24-11-5-7-20-6-2-3-10-23(20)24/h2-11,16,19H,12-15,17H2,1H3,(H,27,30). The summed E-state index contributed by atoms with van der Waals surface area (Å²) in [7, 11) is 0. The summed E-state index contributed by atoms with van der Waals surface area (Å²) in [5.41, 5.74) is 1.19. The highest BCUT2D eigenvalue weighted by molar-refractivity contribution is 6.07. The first-order chi connectivity index (χ1) is 15.5. The Morgan fingerprint density at radius 3 is 2.47 bits per heavy atom. The summed E-state index contributed by atoms with van der Waals surface area (Å²) in [6.45, 7) is 3.21. The molecule has 0 radical (unpaired) electrons. The van der Waals surface area contributed by atoms with Crippen LogP contribution in [0, 0.1) is 5.92 Å². The van der Waals surface area contributed by atoms with Crippen molar-refractivity contribution in [3.05, 3.63) is 77.9 Å². The SMILES string of the molecule is CC(=O)Oc1cccc(C(=O)NCC2CCN(C(=O)c3cccc4ccccc34)CC2)c1. The molecule has 1 heterocycles. The van der Waals surface area contributed by atoms with Gasteiger partial charge in [-0.05, 0) is 53.8 Å². The number of likely N-dealkylation sites (tertiary alicyclic amines) is 1. The Kier molecular flexibility index (Phi) is 6.50. The van der Waals surface area contributed by atoms with Crippen LogP contribution >= 0.6 is 0 Å². The summed E-state index contributed by atoms with van der Waals surface area (Å²) < 4.78 is 5.04. The lowest BCUT2D eigenvalue weighted by atomic mass is 9.95. The van der Waals surface area contributed by atoms with E-state index in [-0.39, 0.29) is 11.8 Å². The van der Waals surface area contributed by atoms with E-state index in [0.29, 0.717) is 36.9 Å². The molecule has 6 heteroatoms. The summed E-state index contributed by atoms with van der Waals surface area (Å²) in [6, 6.07) is 20.3. The summed E-state index contributed by atoms with van der Waals surface area (Å²) in [4.78, 5) is 38.6. The van der Waals surface area contributed by atoms with Crippen molar-refractivity contribution in [1.29, 1.82) is 0 Å². The van der Waals surface area contributed by atoms with Gasteiger partial charge in [0.2, 0.25) is 0 Å². The van der Waals surface area contributed by atoms with Crippen LogP contribution in [-0.4, -0.2) is 42.3 Å². The van der Waals surface area contributed by atoms with Crippen LogP contribution in [0.4, 0.5) is 0 Å². The van der Waals surface area contributed by atoms with Gasteiger partial charge in [0, 0.05) is 37.7 Å². The molecule has 1 N–H and O–H groups in total. The molecular weight excluding hydrogens is 404 g/mol. The molecule has 1 aliphatic heterocycles. The Morgan fingerprint density at radius 1 is 0.969 bits per heavy atom. The predicted molar refractivity (Wildman–Crippen MR) is 123 cm³/mol. The lowest BCUT2D eigenvalue weighted by Crippen LogP contribution is -2.41. The van der Waals surface area contributed by atoms with Crippen LogP contribution in [-0.2, 0) is 4.79 Å². The van der Waals surface area contributed by atoms with E-state index in [2.05, 4.69) is 5.32 Å². The topological polar surface area (TPSA) is 75.7 Å². The number of hydrogen-bond acceptors (Lipinski definition) is 4. The fourth-order valence-electron chi connectivity index (χ4n) is 4.13. The minimum atomic E-state index is -0.424. The van der Waals surface area contributed by atoms with Crippen LogP contribution in [0.2, 0.25) is 0 Å². The van der Waals surface area contributed by atoms with Gasteiger partial charge < -0.3 is 15.0 Å². The molecule has 0 spiro atoms. The van der Waals surface area contributed by atoms with Gasteiger partial charge in [-0.2, -0.15) is 0 Å². The number of carbonyl (C=O) groups is 3. The van der Waals surface area contributed by atoms with Crippen LogP contribution in [0.5, 0.6) is 5.75 Å². The van der Waals surface area contributed by atoms with E-state index < -0.39 is 5.97 Å². The molecule has 1 aliphatic rings. The molecule has 0 bridgehead atoms. The largest absolute Gasteiger partial charge is 0.427 e. The number of hydrogen-bond donors (Lipinski definition) is 1. The van der Waals surface area contributed by atoms with Crippen molar-refractivity contribution < 1.29 is 19.1 Å². The van der Waals surface area contributed by atoms with Gasteiger partial charge in [0.05, 0.1) is 0 Å². The molecule has 0 saturated carbocycles. The molecule has 4 rings (SSSR count). The lowest BCUT2D eigenvalue weighted by molar-refractivity contribution is -0.131. The Bertz CT molecular complexity index is 1140. The van der Waals surface area contributed by atoms with Crippen LogP contribution < -0.4 is 10.1 Å². The van der Waals surface area contributed by atoms with E-state index in [1.165, 1.54) is 6.92 Å². The summed E-state index contributed by atoms with van der Waals surface area (Å²) >= 11 is 0. The van der Waals surface area contributed by atoms with Gasteiger partial charge in [0.1, 0.15) is 5.75 Å². The maximum Gasteiger partial charge on any atom is 0.308 e. The zero-order valence-electron chi connectivity index (χ0n) is 18.0. The first kappa shape index (κ1) is 21.6. The summed E-state index contributed by atoms with van der Waals surface area (Å²) in [5.74, 6) is 0.102. The number of rotatable bonds is 5. The molecule has 1 fully saturated rings. The number of esters is 1. The molecule has 0 aliphatic carbocycles. The molecule has 1 saturated heterocycles. The molecule has 2 amide bonds. The zero-order valence-corrected chi connectivity index (χ0v) is 18.0. The number of piperidine rings is 1. The Balaban J connectivity index is 1.31. The molecule has 32 heavy (non-hydrogen) atoms. The van der Waals surface area contributed by atoms with Crippen molar-refractivity contribution in [1.82, 2.24) is 10.2 Å². The third-order valence-electron chi connectivity index (χ3n) is 5.83. The quantitative estimate of drug-likeness (QED) is 0.490.